The molecule has 0 radical (unpaired) electrons. The molecule has 2 nitrogen and oxygen atoms in total. The predicted molar refractivity (Wildman–Crippen MR) is 62.7 cm³/mol. The largest absolute Gasteiger partial charge is 0.416 e. The van der Waals surface area contributed by atoms with Crippen molar-refractivity contribution in [1.29, 1.82) is 0 Å². The third kappa shape index (κ3) is 3.75. The van der Waals surface area contributed by atoms with Crippen LogP contribution in [0.4, 0.5) is 13.2 Å². The maximum Gasteiger partial charge on any atom is 0.416 e. The summed E-state index contributed by atoms with van der Waals surface area (Å²) in [4.78, 5) is 11.6. The molecule has 100 valence electrons. The van der Waals surface area contributed by atoms with Crippen LogP contribution in [0.5, 0.6) is 0 Å². The summed E-state index contributed by atoms with van der Waals surface area (Å²) in [6.45, 7) is 5.00. The molecule has 1 aromatic carbocycles. The normalized spacial score (nSPS) is 12.3. The van der Waals surface area contributed by atoms with Gasteiger partial charge in [-0.15, -0.1) is 0 Å². The number of hydrogen-bond acceptors (Lipinski definition) is 1. The highest BCUT2D eigenvalue weighted by molar-refractivity contribution is 5.81. The van der Waals surface area contributed by atoms with Crippen molar-refractivity contribution in [3.8, 4) is 0 Å². The van der Waals surface area contributed by atoms with E-state index in [0.29, 0.717) is 0 Å². The van der Waals surface area contributed by atoms with Crippen LogP contribution < -0.4 is 5.32 Å². The molecule has 0 aliphatic carbocycles. The van der Waals surface area contributed by atoms with E-state index in [4.69, 9.17) is 0 Å². The van der Waals surface area contributed by atoms with E-state index >= 15 is 0 Å². The molecule has 0 unspecified atom stereocenters. The smallest absolute Gasteiger partial charge is 0.352 e. The molecule has 0 aromatic heterocycles. The van der Waals surface area contributed by atoms with Crippen molar-refractivity contribution in [1.82, 2.24) is 5.32 Å². The molecule has 0 heterocycles. The fourth-order valence-corrected chi connectivity index (χ4v) is 1.39. The number of rotatable bonds is 2. The molecule has 0 saturated carbocycles. The van der Waals surface area contributed by atoms with Crippen LogP contribution >= 0.6 is 0 Å². The van der Waals surface area contributed by atoms with E-state index in [9.17, 15) is 18.0 Å². The van der Waals surface area contributed by atoms with E-state index in [1.807, 2.05) is 0 Å². The van der Waals surface area contributed by atoms with E-state index in [1.165, 1.54) is 18.2 Å². The number of carbonyl (C=O) groups is 1. The molecule has 18 heavy (non-hydrogen) atoms. The Morgan fingerprint density at radius 1 is 1.17 bits per heavy atom. The van der Waals surface area contributed by atoms with E-state index in [0.717, 1.165) is 6.07 Å². The molecule has 0 fully saturated rings. The Kier molecular flexibility index (Phi) is 4.04. The lowest BCUT2D eigenvalue weighted by molar-refractivity contribution is -0.138. The first-order valence-corrected chi connectivity index (χ1v) is 5.56. The second kappa shape index (κ2) is 5.00. The minimum absolute atomic E-state index is 0.0719. The van der Waals surface area contributed by atoms with E-state index in [2.05, 4.69) is 5.32 Å². The highest BCUT2D eigenvalue weighted by Gasteiger charge is 2.33. The van der Waals surface area contributed by atoms with Crippen LogP contribution in [0.25, 0.3) is 0 Å². The van der Waals surface area contributed by atoms with Gasteiger partial charge in [0.2, 0.25) is 5.91 Å². The van der Waals surface area contributed by atoms with Crippen molar-refractivity contribution in [2.45, 2.75) is 33.5 Å². The Hall–Kier alpha value is -1.52. The van der Waals surface area contributed by atoms with Crippen LogP contribution in [-0.2, 0) is 17.5 Å². The van der Waals surface area contributed by atoms with Gasteiger partial charge in [0.25, 0.3) is 0 Å². The van der Waals surface area contributed by atoms with Crippen LogP contribution in [-0.4, -0.2) is 5.91 Å². The standard InChI is InChI=1S/C13H16F3NO/c1-12(2,3)11(18)17-8-9-6-4-5-7-10(9)13(14,15)16/h4-7H,8H2,1-3H3,(H,17,18). The zero-order valence-corrected chi connectivity index (χ0v) is 10.6. The lowest BCUT2D eigenvalue weighted by atomic mass is 9.95. The lowest BCUT2D eigenvalue weighted by Crippen LogP contribution is -2.34. The van der Waals surface area contributed by atoms with Gasteiger partial charge in [-0.05, 0) is 11.6 Å². The van der Waals surface area contributed by atoms with Gasteiger partial charge < -0.3 is 5.32 Å². The fourth-order valence-electron chi connectivity index (χ4n) is 1.39. The first kappa shape index (κ1) is 14.5. The maximum absolute atomic E-state index is 12.7. The first-order chi connectivity index (χ1) is 8.12. The minimum Gasteiger partial charge on any atom is -0.352 e. The number of amides is 1. The Balaban J connectivity index is 2.84. The van der Waals surface area contributed by atoms with Gasteiger partial charge in [-0.25, -0.2) is 0 Å². The van der Waals surface area contributed by atoms with Crippen molar-refractivity contribution in [3.63, 3.8) is 0 Å². The number of alkyl halides is 3. The third-order valence-corrected chi connectivity index (χ3v) is 2.44. The molecule has 1 rings (SSSR count). The van der Waals surface area contributed by atoms with Gasteiger partial charge in [-0.1, -0.05) is 39.0 Å². The summed E-state index contributed by atoms with van der Waals surface area (Å²) < 4.78 is 38.1. The van der Waals surface area contributed by atoms with Gasteiger partial charge in [0.1, 0.15) is 0 Å². The van der Waals surface area contributed by atoms with Gasteiger partial charge in [-0.2, -0.15) is 13.2 Å². The monoisotopic (exact) mass is 259 g/mol. The van der Waals surface area contributed by atoms with Gasteiger partial charge in [-0.3, -0.25) is 4.79 Å². The highest BCUT2D eigenvalue weighted by atomic mass is 19.4. The molecular weight excluding hydrogens is 243 g/mol. The van der Waals surface area contributed by atoms with E-state index in [1.54, 1.807) is 20.8 Å². The molecule has 0 spiro atoms. The highest BCUT2D eigenvalue weighted by Crippen LogP contribution is 2.31. The van der Waals surface area contributed by atoms with Crippen molar-refractivity contribution < 1.29 is 18.0 Å². The zero-order chi connectivity index (χ0) is 14.0. The minimum atomic E-state index is -4.40. The van der Waals surface area contributed by atoms with Crippen molar-refractivity contribution in [2.24, 2.45) is 5.41 Å². The molecule has 0 atom stereocenters. The second-order valence-corrected chi connectivity index (χ2v) is 5.09. The van der Waals surface area contributed by atoms with E-state index < -0.39 is 17.2 Å². The van der Waals surface area contributed by atoms with E-state index in [-0.39, 0.29) is 18.0 Å². The molecule has 0 aliphatic heterocycles. The average molecular weight is 259 g/mol. The van der Waals surface area contributed by atoms with Crippen molar-refractivity contribution >= 4 is 5.91 Å². The Morgan fingerprint density at radius 3 is 2.22 bits per heavy atom. The van der Waals surface area contributed by atoms with Crippen LogP contribution in [0.15, 0.2) is 24.3 Å². The molecule has 1 aromatic rings. The number of hydrogen-bond donors (Lipinski definition) is 1. The van der Waals surface area contributed by atoms with Gasteiger partial charge in [0.05, 0.1) is 5.56 Å². The summed E-state index contributed by atoms with van der Waals surface area (Å²) in [6, 6.07) is 5.23. The molecule has 1 amide bonds. The van der Waals surface area contributed by atoms with Crippen LogP contribution in [0.2, 0.25) is 0 Å². The quantitative estimate of drug-likeness (QED) is 0.866. The average Bonchev–Trinajstić information content (AvgIpc) is 2.23. The zero-order valence-electron chi connectivity index (χ0n) is 10.6. The summed E-state index contributed by atoms with van der Waals surface area (Å²) in [7, 11) is 0. The van der Waals surface area contributed by atoms with Crippen LogP contribution in [0, 0.1) is 5.41 Å². The summed E-state index contributed by atoms with van der Waals surface area (Å²) in [5, 5.41) is 2.51. The number of halogens is 3. The lowest BCUT2D eigenvalue weighted by Gasteiger charge is -2.19. The number of benzene rings is 1. The summed E-state index contributed by atoms with van der Waals surface area (Å²) in [6.07, 6.45) is -4.40. The first-order valence-electron chi connectivity index (χ1n) is 5.56. The van der Waals surface area contributed by atoms with Crippen LogP contribution in [0.1, 0.15) is 31.9 Å². The second-order valence-electron chi connectivity index (χ2n) is 5.09. The van der Waals surface area contributed by atoms with Gasteiger partial charge in [0.15, 0.2) is 0 Å². The molecule has 5 heteroatoms. The molecule has 0 aliphatic rings. The fraction of sp³-hybridized carbons (Fsp3) is 0.462. The van der Waals surface area contributed by atoms with Crippen molar-refractivity contribution in [3.05, 3.63) is 35.4 Å². The Morgan fingerprint density at radius 2 is 1.72 bits per heavy atom. The topological polar surface area (TPSA) is 29.1 Å². The third-order valence-electron chi connectivity index (χ3n) is 2.44. The summed E-state index contributed by atoms with van der Waals surface area (Å²) >= 11 is 0. The number of carbonyl (C=O) groups excluding carboxylic acids is 1. The van der Waals surface area contributed by atoms with Gasteiger partial charge >= 0.3 is 6.18 Å². The van der Waals surface area contributed by atoms with Crippen molar-refractivity contribution in [2.75, 3.05) is 0 Å². The van der Waals surface area contributed by atoms with Crippen LogP contribution in [0.3, 0.4) is 0 Å². The molecule has 0 bridgehead atoms. The number of nitrogens with one attached hydrogen (secondary N) is 1. The maximum atomic E-state index is 12.7. The van der Waals surface area contributed by atoms with Gasteiger partial charge in [0, 0.05) is 12.0 Å². The Bertz CT molecular complexity index is 433. The summed E-state index contributed by atoms with van der Waals surface area (Å²) in [5.41, 5.74) is -1.26. The molecular formula is C13H16F3NO. The molecule has 0 saturated heterocycles. The summed E-state index contributed by atoms with van der Waals surface area (Å²) in [5.74, 6) is -0.278. The predicted octanol–water partition coefficient (Wildman–Crippen LogP) is 3.37. The molecule has 1 N–H and O–H groups in total. The SMILES string of the molecule is CC(C)(C)C(=O)NCc1ccccc1C(F)(F)F. The Labute approximate surface area is 104 Å².